The van der Waals surface area contributed by atoms with Crippen molar-refractivity contribution in [2.24, 2.45) is 0 Å². The molecule has 0 bridgehead atoms. The lowest BCUT2D eigenvalue weighted by Gasteiger charge is -1.99. The van der Waals surface area contributed by atoms with Crippen molar-refractivity contribution in [2.45, 2.75) is 39.0 Å². The highest BCUT2D eigenvalue weighted by Gasteiger charge is 2.10. The average molecular weight is 208 g/mol. The Morgan fingerprint density at radius 3 is 2.54 bits per heavy atom. The van der Waals surface area contributed by atoms with Crippen molar-refractivity contribution in [3.8, 4) is 0 Å². The van der Waals surface area contributed by atoms with Gasteiger partial charge in [0.2, 0.25) is 0 Å². The summed E-state index contributed by atoms with van der Waals surface area (Å²) in [5.74, 6) is 0. The van der Waals surface area contributed by atoms with Gasteiger partial charge in [-0.25, -0.2) is 4.57 Å². The fraction of sp³-hybridized carbons (Fsp3) is 0.750. The fourth-order valence-corrected chi connectivity index (χ4v) is 1.12. The Hall–Kier alpha value is -0.310. The molecule has 0 aromatic carbocycles. The summed E-state index contributed by atoms with van der Waals surface area (Å²) in [6, 6.07) is 0. The molecule has 0 saturated heterocycles. The summed E-state index contributed by atoms with van der Waals surface area (Å²) in [7, 11) is -4.31. The third kappa shape index (κ3) is 11.7. The molecule has 0 radical (unpaired) electrons. The van der Waals surface area contributed by atoms with Crippen LogP contribution in [0.25, 0.3) is 0 Å². The molecule has 5 heteroatoms. The molecule has 0 amide bonds. The van der Waals surface area contributed by atoms with Crippen LogP contribution in [0, 0.1) is 0 Å². The van der Waals surface area contributed by atoms with Crippen LogP contribution in [0.5, 0.6) is 0 Å². The first-order valence-corrected chi connectivity index (χ1v) is 5.98. The van der Waals surface area contributed by atoms with Crippen LogP contribution in [-0.2, 0) is 9.09 Å². The van der Waals surface area contributed by atoms with Crippen molar-refractivity contribution in [1.29, 1.82) is 0 Å². The molecule has 0 aromatic heterocycles. The fourth-order valence-electron chi connectivity index (χ4n) is 0.879. The lowest BCUT2D eigenvalue weighted by atomic mass is 10.2. The van der Waals surface area contributed by atoms with Crippen LogP contribution in [-0.4, -0.2) is 9.79 Å². The van der Waals surface area contributed by atoms with Crippen LogP contribution >= 0.6 is 7.82 Å². The standard InChI is InChI=1S/C8H17O4P/c1-2-3-4-5-6-7-8-12-13(9,10)11/h7-8H,2-6H2,1H3,(H2,9,10,11). The Kier molecular flexibility index (Phi) is 6.96. The number of phosphoric acid groups is 1. The largest absolute Gasteiger partial charge is 0.524 e. The molecule has 0 aliphatic heterocycles. The SMILES string of the molecule is CCCCCCC=COP(=O)(O)O. The minimum absolute atomic E-state index is 0.806. The molecular formula is C8H17O4P. The number of rotatable bonds is 7. The Morgan fingerprint density at radius 2 is 2.00 bits per heavy atom. The second kappa shape index (κ2) is 7.13. The first kappa shape index (κ1) is 12.7. The average Bonchev–Trinajstić information content (AvgIpc) is 2.01. The lowest BCUT2D eigenvalue weighted by Crippen LogP contribution is -1.78. The molecule has 4 nitrogen and oxygen atoms in total. The lowest BCUT2D eigenvalue weighted by molar-refractivity contribution is 0.258. The monoisotopic (exact) mass is 208 g/mol. The molecule has 0 saturated carbocycles. The van der Waals surface area contributed by atoms with E-state index < -0.39 is 7.82 Å². The highest BCUT2D eigenvalue weighted by Crippen LogP contribution is 2.35. The third-order valence-corrected chi connectivity index (χ3v) is 1.92. The predicted octanol–water partition coefficient (Wildman–Crippen LogP) is 2.58. The van der Waals surface area contributed by atoms with E-state index in [9.17, 15) is 4.57 Å². The number of hydrogen-bond donors (Lipinski definition) is 2. The number of unbranched alkanes of at least 4 members (excludes halogenated alkanes) is 4. The molecular weight excluding hydrogens is 191 g/mol. The van der Waals surface area contributed by atoms with Gasteiger partial charge in [-0.1, -0.05) is 26.2 Å². The van der Waals surface area contributed by atoms with E-state index in [1.165, 1.54) is 12.8 Å². The molecule has 78 valence electrons. The molecule has 0 atom stereocenters. The smallest absolute Gasteiger partial charge is 0.413 e. The maximum absolute atomic E-state index is 10.2. The summed E-state index contributed by atoms with van der Waals surface area (Å²) in [5, 5.41) is 0. The van der Waals surface area contributed by atoms with Gasteiger partial charge >= 0.3 is 7.82 Å². The van der Waals surface area contributed by atoms with Gasteiger partial charge in [0.25, 0.3) is 0 Å². The minimum atomic E-state index is -4.31. The molecule has 0 heterocycles. The highest BCUT2D eigenvalue weighted by molar-refractivity contribution is 7.46. The van der Waals surface area contributed by atoms with Crippen molar-refractivity contribution >= 4 is 7.82 Å². The summed E-state index contributed by atoms with van der Waals surface area (Å²) >= 11 is 0. The van der Waals surface area contributed by atoms with E-state index in [-0.39, 0.29) is 0 Å². The molecule has 0 fully saturated rings. The zero-order valence-corrected chi connectivity index (χ0v) is 8.74. The Morgan fingerprint density at radius 1 is 1.31 bits per heavy atom. The topological polar surface area (TPSA) is 66.8 Å². The maximum atomic E-state index is 10.2. The molecule has 0 spiro atoms. The van der Waals surface area contributed by atoms with Crippen LogP contribution in [0.3, 0.4) is 0 Å². The van der Waals surface area contributed by atoms with Crippen molar-refractivity contribution in [2.75, 3.05) is 0 Å². The van der Waals surface area contributed by atoms with Gasteiger partial charge in [-0.2, -0.15) is 0 Å². The zero-order valence-electron chi connectivity index (χ0n) is 7.85. The van der Waals surface area contributed by atoms with Gasteiger partial charge in [0.15, 0.2) is 0 Å². The van der Waals surface area contributed by atoms with Crippen molar-refractivity contribution in [3.05, 3.63) is 12.3 Å². The second-order valence-electron chi connectivity index (χ2n) is 2.82. The number of hydrogen-bond acceptors (Lipinski definition) is 2. The van der Waals surface area contributed by atoms with Gasteiger partial charge in [-0.15, -0.1) is 0 Å². The summed E-state index contributed by atoms with van der Waals surface area (Å²) in [5.41, 5.74) is 0. The van der Waals surface area contributed by atoms with Crippen LogP contribution in [0.4, 0.5) is 0 Å². The van der Waals surface area contributed by atoms with E-state index in [2.05, 4.69) is 11.4 Å². The zero-order chi connectivity index (χ0) is 10.2. The van der Waals surface area contributed by atoms with E-state index in [1.54, 1.807) is 6.08 Å². The molecule has 0 aromatic rings. The van der Waals surface area contributed by atoms with Gasteiger partial charge in [0.05, 0.1) is 6.26 Å². The first-order valence-electron chi connectivity index (χ1n) is 4.45. The van der Waals surface area contributed by atoms with Crippen molar-refractivity contribution in [3.63, 3.8) is 0 Å². The molecule has 0 unspecified atom stereocenters. The van der Waals surface area contributed by atoms with Gasteiger partial charge in [-0.05, 0) is 18.9 Å². The third-order valence-electron chi connectivity index (χ3n) is 1.52. The summed E-state index contributed by atoms with van der Waals surface area (Å²) in [4.78, 5) is 16.6. The predicted molar refractivity (Wildman–Crippen MR) is 51.0 cm³/mol. The normalized spacial score (nSPS) is 12.2. The van der Waals surface area contributed by atoms with Crippen LogP contribution in [0.1, 0.15) is 39.0 Å². The van der Waals surface area contributed by atoms with Crippen molar-refractivity contribution < 1.29 is 18.9 Å². The molecule has 2 N–H and O–H groups in total. The Balaban J connectivity index is 3.27. The molecule has 0 aliphatic carbocycles. The van der Waals surface area contributed by atoms with E-state index in [0.717, 1.165) is 25.5 Å². The van der Waals surface area contributed by atoms with E-state index >= 15 is 0 Å². The number of allylic oxidation sites excluding steroid dienone is 1. The molecule has 0 rings (SSSR count). The summed E-state index contributed by atoms with van der Waals surface area (Å²) in [6.07, 6.45) is 8.09. The van der Waals surface area contributed by atoms with E-state index in [4.69, 9.17) is 9.79 Å². The second-order valence-corrected chi connectivity index (χ2v) is 4.01. The van der Waals surface area contributed by atoms with Gasteiger partial charge in [0.1, 0.15) is 0 Å². The summed E-state index contributed by atoms with van der Waals surface area (Å²) in [6.45, 7) is 2.13. The van der Waals surface area contributed by atoms with Gasteiger partial charge < -0.3 is 4.52 Å². The van der Waals surface area contributed by atoms with E-state index in [0.29, 0.717) is 0 Å². The van der Waals surface area contributed by atoms with E-state index in [1.807, 2.05) is 0 Å². The highest BCUT2D eigenvalue weighted by atomic mass is 31.2. The number of phosphoric ester groups is 1. The van der Waals surface area contributed by atoms with Crippen LogP contribution in [0.15, 0.2) is 12.3 Å². The Labute approximate surface area is 78.9 Å². The van der Waals surface area contributed by atoms with Gasteiger partial charge in [0, 0.05) is 0 Å². The Bertz CT molecular complexity index is 185. The van der Waals surface area contributed by atoms with Crippen LogP contribution < -0.4 is 0 Å². The molecule has 0 aliphatic rings. The van der Waals surface area contributed by atoms with Crippen LogP contribution in [0.2, 0.25) is 0 Å². The maximum Gasteiger partial charge on any atom is 0.524 e. The van der Waals surface area contributed by atoms with Gasteiger partial charge in [-0.3, -0.25) is 9.79 Å². The van der Waals surface area contributed by atoms with Crippen molar-refractivity contribution in [1.82, 2.24) is 0 Å². The minimum Gasteiger partial charge on any atom is -0.413 e. The quantitative estimate of drug-likeness (QED) is 0.383. The summed E-state index contributed by atoms with van der Waals surface area (Å²) < 4.78 is 14.3. The first-order chi connectivity index (χ1) is 6.06. The molecule has 13 heavy (non-hydrogen) atoms.